The highest BCUT2D eigenvalue weighted by molar-refractivity contribution is 7.99. The summed E-state index contributed by atoms with van der Waals surface area (Å²) in [5.74, 6) is 0.0738. The Kier molecular flexibility index (Phi) is 6.24. The molecule has 0 saturated carbocycles. The minimum atomic E-state index is -0.740. The van der Waals surface area contributed by atoms with Gasteiger partial charge in [0.15, 0.2) is 0 Å². The maximum atomic E-state index is 11.2. The van der Waals surface area contributed by atoms with Crippen LogP contribution in [0.2, 0.25) is 5.02 Å². The lowest BCUT2D eigenvalue weighted by molar-refractivity contribution is -0.142. The molecule has 0 amide bonds. The predicted octanol–water partition coefficient (Wildman–Crippen LogP) is 4.42. The Hall–Kier alpha value is -1.69. The number of carboxylic acids is 1. The van der Waals surface area contributed by atoms with Gasteiger partial charge in [0.05, 0.1) is 4.90 Å². The number of carboxylic acid groups (broad SMARTS) is 1. The molecule has 0 radical (unpaired) electrons. The van der Waals surface area contributed by atoms with E-state index in [2.05, 4.69) is 0 Å². The molecule has 25 heavy (non-hydrogen) atoms. The first kappa shape index (κ1) is 18.1. The van der Waals surface area contributed by atoms with Gasteiger partial charge >= 0.3 is 5.97 Å². The van der Waals surface area contributed by atoms with E-state index in [4.69, 9.17) is 16.3 Å². The minimum Gasteiger partial charge on any atom is -0.491 e. The average molecular weight is 378 g/mol. The Morgan fingerprint density at radius 1 is 1.24 bits per heavy atom. The minimum absolute atomic E-state index is 0.373. The number of likely N-dealkylation sites (tertiary alicyclic amines) is 1. The fourth-order valence-corrected chi connectivity index (χ4v) is 3.96. The van der Waals surface area contributed by atoms with Crippen molar-refractivity contribution in [3.8, 4) is 5.75 Å². The third-order valence-corrected chi connectivity index (χ3v) is 5.49. The summed E-state index contributed by atoms with van der Waals surface area (Å²) >= 11 is 7.55. The second kappa shape index (κ2) is 8.61. The standard InChI is InChI=1S/C19H20ClNO3S/c20-14-7-9-15(10-8-14)25-18-6-2-1-5-17(18)24-13-12-21-11-3-4-16(21)19(22)23/h1-2,5-10,16H,3-4,11-13H2,(H,22,23). The molecule has 6 heteroatoms. The van der Waals surface area contributed by atoms with Crippen molar-refractivity contribution in [3.63, 3.8) is 0 Å². The maximum absolute atomic E-state index is 11.2. The summed E-state index contributed by atoms with van der Waals surface area (Å²) in [6.07, 6.45) is 1.65. The van der Waals surface area contributed by atoms with Gasteiger partial charge in [0.2, 0.25) is 0 Å². The molecule has 2 aromatic rings. The molecule has 1 saturated heterocycles. The summed E-state index contributed by atoms with van der Waals surface area (Å²) in [5, 5.41) is 9.95. The molecule has 1 aliphatic heterocycles. The van der Waals surface area contributed by atoms with Crippen molar-refractivity contribution >= 4 is 29.3 Å². The number of hydrogen-bond donors (Lipinski definition) is 1. The Labute approximate surface area is 156 Å². The first-order valence-electron chi connectivity index (χ1n) is 8.25. The van der Waals surface area contributed by atoms with Gasteiger partial charge in [-0.25, -0.2) is 0 Å². The lowest BCUT2D eigenvalue weighted by Crippen LogP contribution is -2.38. The molecule has 4 nitrogen and oxygen atoms in total. The molecule has 1 aliphatic rings. The second-order valence-corrected chi connectivity index (χ2v) is 7.44. The fraction of sp³-hybridized carbons (Fsp3) is 0.316. The Morgan fingerprint density at radius 3 is 2.76 bits per heavy atom. The van der Waals surface area contributed by atoms with E-state index in [0.717, 1.165) is 34.9 Å². The van der Waals surface area contributed by atoms with Crippen LogP contribution in [0, 0.1) is 0 Å². The number of benzene rings is 2. The molecule has 1 heterocycles. The number of aliphatic carboxylic acids is 1. The van der Waals surface area contributed by atoms with E-state index in [0.29, 0.717) is 18.2 Å². The number of hydrogen-bond acceptors (Lipinski definition) is 4. The van der Waals surface area contributed by atoms with Crippen molar-refractivity contribution in [1.29, 1.82) is 0 Å². The summed E-state index contributed by atoms with van der Waals surface area (Å²) in [6.45, 7) is 1.92. The SMILES string of the molecule is O=C(O)C1CCCN1CCOc1ccccc1Sc1ccc(Cl)cc1. The van der Waals surface area contributed by atoms with E-state index in [1.165, 1.54) is 0 Å². The van der Waals surface area contributed by atoms with Crippen LogP contribution in [-0.4, -0.2) is 41.7 Å². The van der Waals surface area contributed by atoms with E-state index in [1.54, 1.807) is 11.8 Å². The van der Waals surface area contributed by atoms with E-state index >= 15 is 0 Å². The van der Waals surface area contributed by atoms with Crippen LogP contribution in [0.25, 0.3) is 0 Å². The van der Waals surface area contributed by atoms with Gasteiger partial charge in [0, 0.05) is 16.5 Å². The van der Waals surface area contributed by atoms with Gasteiger partial charge in [-0.05, 0) is 55.8 Å². The first-order chi connectivity index (χ1) is 12.1. The average Bonchev–Trinajstić information content (AvgIpc) is 3.07. The molecule has 0 spiro atoms. The predicted molar refractivity (Wildman–Crippen MR) is 99.7 cm³/mol. The first-order valence-corrected chi connectivity index (χ1v) is 9.45. The van der Waals surface area contributed by atoms with Gasteiger partial charge in [-0.1, -0.05) is 35.5 Å². The van der Waals surface area contributed by atoms with Crippen molar-refractivity contribution in [2.75, 3.05) is 19.7 Å². The van der Waals surface area contributed by atoms with Gasteiger partial charge in [-0.15, -0.1) is 0 Å². The van der Waals surface area contributed by atoms with E-state index in [1.807, 2.05) is 53.4 Å². The molecule has 1 unspecified atom stereocenters. The molecular formula is C19H20ClNO3S. The number of carbonyl (C=O) groups is 1. The number of para-hydroxylation sites is 1. The Balaban J connectivity index is 1.59. The monoisotopic (exact) mass is 377 g/mol. The van der Waals surface area contributed by atoms with Crippen LogP contribution in [0.1, 0.15) is 12.8 Å². The number of nitrogens with zero attached hydrogens (tertiary/aromatic N) is 1. The number of rotatable bonds is 7. The zero-order chi connectivity index (χ0) is 17.6. The van der Waals surface area contributed by atoms with Crippen LogP contribution in [0.5, 0.6) is 5.75 Å². The van der Waals surface area contributed by atoms with Crippen LogP contribution in [0.3, 0.4) is 0 Å². The topological polar surface area (TPSA) is 49.8 Å². The third-order valence-electron chi connectivity index (χ3n) is 4.18. The van der Waals surface area contributed by atoms with Gasteiger partial charge in [0.25, 0.3) is 0 Å². The number of ether oxygens (including phenoxy) is 1. The molecule has 132 valence electrons. The lowest BCUT2D eigenvalue weighted by Gasteiger charge is -2.21. The molecule has 0 bridgehead atoms. The summed E-state index contributed by atoms with van der Waals surface area (Å²) in [4.78, 5) is 15.3. The molecular weight excluding hydrogens is 358 g/mol. The molecule has 1 N–H and O–H groups in total. The quantitative estimate of drug-likeness (QED) is 0.774. The molecule has 0 aromatic heterocycles. The van der Waals surface area contributed by atoms with Crippen LogP contribution >= 0.6 is 23.4 Å². The van der Waals surface area contributed by atoms with E-state index in [-0.39, 0.29) is 6.04 Å². The molecule has 0 aliphatic carbocycles. The normalized spacial score (nSPS) is 17.6. The lowest BCUT2D eigenvalue weighted by atomic mass is 10.2. The van der Waals surface area contributed by atoms with Crippen molar-refractivity contribution in [2.24, 2.45) is 0 Å². The summed E-state index contributed by atoms with van der Waals surface area (Å²) in [7, 11) is 0. The molecule has 3 rings (SSSR count). The van der Waals surface area contributed by atoms with Crippen molar-refractivity contribution in [2.45, 2.75) is 28.7 Å². The van der Waals surface area contributed by atoms with Crippen molar-refractivity contribution in [3.05, 3.63) is 53.6 Å². The van der Waals surface area contributed by atoms with E-state index in [9.17, 15) is 9.90 Å². The summed E-state index contributed by atoms with van der Waals surface area (Å²) in [6, 6.07) is 15.2. The Morgan fingerprint density at radius 2 is 2.00 bits per heavy atom. The van der Waals surface area contributed by atoms with Crippen LogP contribution < -0.4 is 4.74 Å². The third kappa shape index (κ3) is 4.91. The molecule has 1 fully saturated rings. The smallest absolute Gasteiger partial charge is 0.320 e. The molecule has 2 aromatic carbocycles. The molecule has 1 atom stereocenters. The maximum Gasteiger partial charge on any atom is 0.320 e. The number of halogens is 1. The van der Waals surface area contributed by atoms with Crippen LogP contribution in [0.4, 0.5) is 0 Å². The van der Waals surface area contributed by atoms with Gasteiger partial charge in [-0.3, -0.25) is 9.69 Å². The summed E-state index contributed by atoms with van der Waals surface area (Å²) < 4.78 is 5.94. The van der Waals surface area contributed by atoms with E-state index < -0.39 is 5.97 Å². The highest BCUT2D eigenvalue weighted by Gasteiger charge is 2.29. The zero-order valence-corrected chi connectivity index (χ0v) is 15.3. The van der Waals surface area contributed by atoms with Gasteiger partial charge in [-0.2, -0.15) is 0 Å². The van der Waals surface area contributed by atoms with Crippen molar-refractivity contribution < 1.29 is 14.6 Å². The van der Waals surface area contributed by atoms with Crippen molar-refractivity contribution in [1.82, 2.24) is 4.90 Å². The van der Waals surface area contributed by atoms with Gasteiger partial charge < -0.3 is 9.84 Å². The largest absolute Gasteiger partial charge is 0.491 e. The van der Waals surface area contributed by atoms with Crippen LogP contribution in [0.15, 0.2) is 58.3 Å². The van der Waals surface area contributed by atoms with Crippen LogP contribution in [-0.2, 0) is 4.79 Å². The van der Waals surface area contributed by atoms with Gasteiger partial charge in [0.1, 0.15) is 18.4 Å². The Bertz CT molecular complexity index is 723. The highest BCUT2D eigenvalue weighted by atomic mass is 35.5. The highest BCUT2D eigenvalue weighted by Crippen LogP contribution is 2.35. The second-order valence-electron chi connectivity index (χ2n) is 5.88. The summed E-state index contributed by atoms with van der Waals surface area (Å²) in [5.41, 5.74) is 0. The fourth-order valence-electron chi connectivity index (χ4n) is 2.93. The zero-order valence-electron chi connectivity index (χ0n) is 13.7.